The molecule has 3 rings (SSSR count). The fraction of sp³-hybridized carbons (Fsp3) is 0.133. The molecule has 2 aromatic carbocycles. The standard InChI is InChI=1S/C15H12F2N2OS/c1-2-20-13-7-6-9(8-11(13)17)19-12-5-3-4-10(16)14(12)18-15(19)21/h3-8H,2H2,1H3,(H,18,21). The summed E-state index contributed by atoms with van der Waals surface area (Å²) in [7, 11) is 0. The smallest absolute Gasteiger partial charge is 0.182 e. The molecule has 0 unspecified atom stereocenters. The molecule has 108 valence electrons. The lowest BCUT2D eigenvalue weighted by Gasteiger charge is -2.08. The number of nitrogens with zero attached hydrogens (tertiary/aromatic N) is 1. The van der Waals surface area contributed by atoms with Gasteiger partial charge in [-0.05, 0) is 43.4 Å². The molecule has 1 aromatic heterocycles. The summed E-state index contributed by atoms with van der Waals surface area (Å²) < 4.78 is 34.8. The van der Waals surface area contributed by atoms with Crippen LogP contribution in [-0.2, 0) is 0 Å². The molecule has 0 atom stereocenters. The zero-order chi connectivity index (χ0) is 15.0. The lowest BCUT2D eigenvalue weighted by atomic mass is 10.2. The summed E-state index contributed by atoms with van der Waals surface area (Å²) >= 11 is 5.21. The van der Waals surface area contributed by atoms with E-state index in [1.165, 1.54) is 18.2 Å². The van der Waals surface area contributed by atoms with Crippen LogP contribution < -0.4 is 4.74 Å². The van der Waals surface area contributed by atoms with Crippen molar-refractivity contribution in [3.05, 3.63) is 52.8 Å². The molecule has 0 aliphatic heterocycles. The van der Waals surface area contributed by atoms with Gasteiger partial charge in [0.1, 0.15) is 11.3 Å². The first-order valence-corrected chi connectivity index (χ1v) is 6.84. The second kappa shape index (κ2) is 5.29. The molecule has 21 heavy (non-hydrogen) atoms. The van der Waals surface area contributed by atoms with Crippen molar-refractivity contribution < 1.29 is 13.5 Å². The maximum Gasteiger partial charge on any atom is 0.182 e. The van der Waals surface area contributed by atoms with Gasteiger partial charge in [0, 0.05) is 6.07 Å². The van der Waals surface area contributed by atoms with Gasteiger partial charge < -0.3 is 9.72 Å². The number of hydrogen-bond donors (Lipinski definition) is 1. The van der Waals surface area contributed by atoms with Gasteiger partial charge in [-0.3, -0.25) is 4.57 Å². The van der Waals surface area contributed by atoms with Crippen LogP contribution in [0.25, 0.3) is 16.7 Å². The Morgan fingerprint density at radius 2 is 2.00 bits per heavy atom. The first-order chi connectivity index (χ1) is 10.1. The Balaban J connectivity index is 2.21. The van der Waals surface area contributed by atoms with E-state index >= 15 is 0 Å². The molecule has 0 bridgehead atoms. The van der Waals surface area contributed by atoms with Crippen molar-refractivity contribution in [1.29, 1.82) is 0 Å². The van der Waals surface area contributed by atoms with E-state index < -0.39 is 11.6 Å². The third-order valence-electron chi connectivity index (χ3n) is 3.14. The highest BCUT2D eigenvalue weighted by Gasteiger charge is 2.12. The Morgan fingerprint density at radius 1 is 1.19 bits per heavy atom. The number of halogens is 2. The minimum atomic E-state index is -0.484. The minimum absolute atomic E-state index is 0.179. The van der Waals surface area contributed by atoms with Gasteiger partial charge >= 0.3 is 0 Å². The van der Waals surface area contributed by atoms with Crippen LogP contribution in [0.5, 0.6) is 5.75 Å². The molecule has 3 nitrogen and oxygen atoms in total. The zero-order valence-corrected chi connectivity index (χ0v) is 12.0. The van der Waals surface area contributed by atoms with Gasteiger partial charge in [-0.25, -0.2) is 8.78 Å². The van der Waals surface area contributed by atoms with Gasteiger partial charge in [0.25, 0.3) is 0 Å². The van der Waals surface area contributed by atoms with Crippen LogP contribution in [0, 0.1) is 16.4 Å². The molecular weight excluding hydrogens is 294 g/mol. The second-order valence-corrected chi connectivity index (χ2v) is 4.83. The molecule has 0 aliphatic rings. The van der Waals surface area contributed by atoms with Crippen LogP contribution in [0.4, 0.5) is 8.78 Å². The zero-order valence-electron chi connectivity index (χ0n) is 11.2. The molecular formula is C15H12F2N2OS. The average Bonchev–Trinajstić information content (AvgIpc) is 2.79. The topological polar surface area (TPSA) is 29.9 Å². The van der Waals surface area contributed by atoms with Gasteiger partial charge in [-0.2, -0.15) is 0 Å². The largest absolute Gasteiger partial charge is 0.491 e. The molecule has 0 amide bonds. The van der Waals surface area contributed by atoms with E-state index in [1.807, 2.05) is 0 Å². The minimum Gasteiger partial charge on any atom is -0.491 e. The van der Waals surface area contributed by atoms with Crippen LogP contribution in [-0.4, -0.2) is 16.2 Å². The van der Waals surface area contributed by atoms with Crippen molar-refractivity contribution in [3.63, 3.8) is 0 Å². The summed E-state index contributed by atoms with van der Waals surface area (Å²) in [6.45, 7) is 2.17. The normalized spacial score (nSPS) is 11.0. The van der Waals surface area contributed by atoms with Crippen molar-refractivity contribution in [2.24, 2.45) is 0 Å². The van der Waals surface area contributed by atoms with E-state index in [0.29, 0.717) is 28.1 Å². The molecule has 3 aromatic rings. The Morgan fingerprint density at radius 3 is 2.71 bits per heavy atom. The highest BCUT2D eigenvalue weighted by Crippen LogP contribution is 2.25. The lowest BCUT2D eigenvalue weighted by molar-refractivity contribution is 0.321. The number of aromatic nitrogens is 2. The van der Waals surface area contributed by atoms with Crippen molar-refractivity contribution in [3.8, 4) is 11.4 Å². The van der Waals surface area contributed by atoms with Gasteiger partial charge in [-0.1, -0.05) is 6.07 Å². The number of benzene rings is 2. The Bertz CT molecular complexity index is 870. The highest BCUT2D eigenvalue weighted by atomic mass is 32.1. The van der Waals surface area contributed by atoms with Gasteiger partial charge in [0.2, 0.25) is 0 Å². The first kappa shape index (κ1) is 13.8. The second-order valence-electron chi connectivity index (χ2n) is 4.45. The molecule has 0 fully saturated rings. The summed E-state index contributed by atoms with van der Waals surface area (Å²) in [5, 5.41) is 0. The number of fused-ring (bicyclic) bond motifs is 1. The Hall–Kier alpha value is -2.21. The summed E-state index contributed by atoms with van der Waals surface area (Å²) in [4.78, 5) is 2.80. The number of aromatic amines is 1. The van der Waals surface area contributed by atoms with Crippen molar-refractivity contribution in [2.75, 3.05) is 6.61 Å². The van der Waals surface area contributed by atoms with E-state index in [4.69, 9.17) is 17.0 Å². The lowest BCUT2D eigenvalue weighted by Crippen LogP contribution is -1.98. The summed E-state index contributed by atoms with van der Waals surface area (Å²) in [5.74, 6) is -0.704. The van der Waals surface area contributed by atoms with Crippen LogP contribution in [0.1, 0.15) is 6.92 Å². The SMILES string of the molecule is CCOc1ccc(-n2c(=S)[nH]c3c(F)cccc32)cc1F. The van der Waals surface area contributed by atoms with Crippen LogP contribution >= 0.6 is 12.2 Å². The van der Waals surface area contributed by atoms with E-state index in [1.54, 1.807) is 29.7 Å². The molecule has 0 spiro atoms. The maximum atomic E-state index is 14.0. The predicted octanol–water partition coefficient (Wildman–Crippen LogP) is 4.36. The van der Waals surface area contributed by atoms with Crippen molar-refractivity contribution in [1.82, 2.24) is 9.55 Å². The third kappa shape index (κ3) is 2.31. The van der Waals surface area contributed by atoms with Crippen LogP contribution in [0.15, 0.2) is 36.4 Å². The number of ether oxygens (including phenoxy) is 1. The monoisotopic (exact) mass is 306 g/mol. The Labute approximate surface area is 124 Å². The molecule has 1 N–H and O–H groups in total. The number of hydrogen-bond acceptors (Lipinski definition) is 2. The van der Waals surface area contributed by atoms with Crippen LogP contribution in [0.2, 0.25) is 0 Å². The van der Waals surface area contributed by atoms with Gasteiger partial charge in [0.05, 0.1) is 17.8 Å². The molecule has 0 radical (unpaired) electrons. The molecule has 0 saturated heterocycles. The summed E-state index contributed by atoms with van der Waals surface area (Å²) in [6.07, 6.45) is 0. The fourth-order valence-corrected chi connectivity index (χ4v) is 2.56. The summed E-state index contributed by atoms with van der Waals surface area (Å²) in [5.41, 5.74) is 1.37. The number of rotatable bonds is 3. The van der Waals surface area contributed by atoms with Crippen LogP contribution in [0.3, 0.4) is 0 Å². The maximum absolute atomic E-state index is 14.0. The van der Waals surface area contributed by atoms with E-state index in [9.17, 15) is 8.78 Å². The van der Waals surface area contributed by atoms with E-state index in [-0.39, 0.29) is 5.75 Å². The molecule has 6 heteroatoms. The van der Waals surface area contributed by atoms with Gasteiger partial charge in [0.15, 0.2) is 16.3 Å². The molecule has 0 saturated carbocycles. The number of H-pyrrole nitrogens is 1. The number of para-hydroxylation sites is 1. The van der Waals surface area contributed by atoms with E-state index in [0.717, 1.165) is 0 Å². The van der Waals surface area contributed by atoms with Crippen molar-refractivity contribution in [2.45, 2.75) is 6.92 Å². The first-order valence-electron chi connectivity index (χ1n) is 6.43. The Kier molecular flexibility index (Phi) is 3.47. The average molecular weight is 306 g/mol. The predicted molar refractivity (Wildman–Crippen MR) is 79.5 cm³/mol. The summed E-state index contributed by atoms with van der Waals surface area (Å²) in [6, 6.07) is 9.19. The van der Waals surface area contributed by atoms with Gasteiger partial charge in [-0.15, -0.1) is 0 Å². The molecule has 0 aliphatic carbocycles. The highest BCUT2D eigenvalue weighted by molar-refractivity contribution is 7.71. The van der Waals surface area contributed by atoms with Crippen molar-refractivity contribution >= 4 is 23.3 Å². The van der Waals surface area contributed by atoms with E-state index in [2.05, 4.69) is 4.98 Å². The number of imidazole rings is 1. The third-order valence-corrected chi connectivity index (χ3v) is 3.43. The number of nitrogens with one attached hydrogen (secondary N) is 1. The molecule has 1 heterocycles. The fourth-order valence-electron chi connectivity index (χ4n) is 2.25. The quantitative estimate of drug-likeness (QED) is 0.728.